The van der Waals surface area contributed by atoms with Crippen LogP contribution in [0.25, 0.3) is 16.7 Å². The van der Waals surface area contributed by atoms with Gasteiger partial charge >= 0.3 is 6.18 Å². The third kappa shape index (κ3) is 3.77. The summed E-state index contributed by atoms with van der Waals surface area (Å²) in [4.78, 5) is 13.1. The monoisotopic (exact) mass is 475 g/mol. The topological polar surface area (TPSA) is 56.2 Å². The van der Waals surface area contributed by atoms with Crippen LogP contribution in [0.3, 0.4) is 0 Å². The number of halogens is 5. The Kier molecular flexibility index (Phi) is 5.27. The third-order valence-electron chi connectivity index (χ3n) is 6.04. The van der Waals surface area contributed by atoms with Gasteiger partial charge in [-0.15, -0.1) is 0 Å². The number of carbonyl (C=O) groups is 1. The summed E-state index contributed by atoms with van der Waals surface area (Å²) in [7, 11) is 1.37. The highest BCUT2D eigenvalue weighted by Gasteiger charge is 2.45. The minimum Gasteiger partial charge on any atom is -0.365 e. The lowest BCUT2D eigenvalue weighted by atomic mass is 9.89. The van der Waals surface area contributed by atoms with Crippen molar-refractivity contribution in [3.05, 3.63) is 77.1 Å². The van der Waals surface area contributed by atoms with Gasteiger partial charge < -0.3 is 10.1 Å². The number of hydrogen-bond donors (Lipinski definition) is 1. The Bertz CT molecular complexity index is 1330. The smallest absolute Gasteiger partial charge is 0.365 e. The summed E-state index contributed by atoms with van der Waals surface area (Å²) in [6, 6.07) is 10.5. The molecule has 0 saturated carbocycles. The molecule has 1 amide bonds. The van der Waals surface area contributed by atoms with E-state index in [1.165, 1.54) is 37.4 Å². The number of anilines is 1. The number of aryl methyl sites for hydroxylation is 1. The fraction of sp³-hybridized carbons (Fsp3) is 0.250. The molecule has 0 radical (unpaired) electrons. The van der Waals surface area contributed by atoms with E-state index < -0.39 is 41.6 Å². The first-order valence-electron chi connectivity index (χ1n) is 10.5. The number of amides is 1. The number of fused-ring (bicyclic) bond motifs is 2. The van der Waals surface area contributed by atoms with Crippen molar-refractivity contribution in [2.75, 3.05) is 5.32 Å². The lowest BCUT2D eigenvalue weighted by molar-refractivity contribution is -0.141. The largest absolute Gasteiger partial charge is 0.435 e. The molecule has 5 rings (SSSR count). The zero-order chi connectivity index (χ0) is 24.2. The van der Waals surface area contributed by atoms with Crippen LogP contribution in [0.2, 0.25) is 0 Å². The lowest BCUT2D eigenvalue weighted by Gasteiger charge is -2.17. The molecule has 10 heteroatoms. The van der Waals surface area contributed by atoms with Crippen molar-refractivity contribution in [2.24, 2.45) is 7.05 Å². The Labute approximate surface area is 190 Å². The molecule has 2 aromatic carbocycles. The SMILES string of the molecule is Cn1nc(C(F)(F)F)cc1C1=C(C(=O)Nc2ccc(-c3ccccc3F)c(F)c2)C2CC[C@@H]1O2. The highest BCUT2D eigenvalue weighted by molar-refractivity contribution is 6.11. The summed E-state index contributed by atoms with van der Waals surface area (Å²) in [5.41, 5.74) is -0.126. The summed E-state index contributed by atoms with van der Waals surface area (Å²) in [5, 5.41) is 6.13. The van der Waals surface area contributed by atoms with Gasteiger partial charge in [-0.3, -0.25) is 9.48 Å². The molecule has 3 heterocycles. The van der Waals surface area contributed by atoms with Gasteiger partial charge in [-0.2, -0.15) is 18.3 Å². The standard InChI is InChI=1S/C24H18F5N3O2/c1-32-17(11-20(31-32)24(27,28)29)21-18-8-9-19(34-18)22(21)23(33)30-12-6-7-14(16(26)10-12)13-4-2-3-5-15(13)25/h2-7,10-11,18-19H,8-9H2,1H3,(H,30,33)/t18-,19?/m0/s1. The number of carbonyl (C=O) groups excluding carboxylic acids is 1. The fourth-order valence-electron chi connectivity index (χ4n) is 4.53. The zero-order valence-corrected chi connectivity index (χ0v) is 17.8. The molecular formula is C24H18F5N3O2. The Hall–Kier alpha value is -3.53. The summed E-state index contributed by atoms with van der Waals surface area (Å²) in [6.45, 7) is 0. The van der Waals surface area contributed by atoms with Crippen LogP contribution in [0.15, 0.2) is 54.1 Å². The Morgan fingerprint density at radius 3 is 2.41 bits per heavy atom. The molecule has 34 heavy (non-hydrogen) atoms. The molecular weight excluding hydrogens is 457 g/mol. The van der Waals surface area contributed by atoms with E-state index in [0.717, 1.165) is 16.8 Å². The quantitative estimate of drug-likeness (QED) is 0.519. The van der Waals surface area contributed by atoms with E-state index in [1.54, 1.807) is 6.07 Å². The number of benzene rings is 2. The summed E-state index contributed by atoms with van der Waals surface area (Å²) < 4.78 is 75.1. The zero-order valence-electron chi connectivity index (χ0n) is 17.8. The normalized spacial score (nSPS) is 19.7. The van der Waals surface area contributed by atoms with Crippen molar-refractivity contribution >= 4 is 17.2 Å². The number of nitrogens with zero attached hydrogens (tertiary/aromatic N) is 2. The van der Waals surface area contributed by atoms with Crippen LogP contribution in [-0.2, 0) is 22.8 Å². The van der Waals surface area contributed by atoms with Gasteiger partial charge in [0.25, 0.3) is 5.91 Å². The molecule has 2 atom stereocenters. The second-order valence-corrected chi connectivity index (χ2v) is 8.18. The molecule has 1 unspecified atom stereocenters. The molecule has 1 aromatic heterocycles. The van der Waals surface area contributed by atoms with Crippen LogP contribution in [0.5, 0.6) is 0 Å². The molecule has 1 fully saturated rings. The molecule has 2 bridgehead atoms. The lowest BCUT2D eigenvalue weighted by Crippen LogP contribution is -2.23. The maximum atomic E-state index is 14.7. The summed E-state index contributed by atoms with van der Waals surface area (Å²) >= 11 is 0. The maximum absolute atomic E-state index is 14.7. The van der Waals surface area contributed by atoms with Crippen LogP contribution in [0.4, 0.5) is 27.6 Å². The van der Waals surface area contributed by atoms with Gasteiger partial charge in [-0.1, -0.05) is 18.2 Å². The molecule has 0 aliphatic carbocycles. The number of aromatic nitrogens is 2. The number of alkyl halides is 3. The van der Waals surface area contributed by atoms with Crippen LogP contribution in [0, 0.1) is 11.6 Å². The molecule has 2 aliphatic rings. The first-order valence-corrected chi connectivity index (χ1v) is 10.5. The number of rotatable bonds is 4. The molecule has 176 valence electrons. The van der Waals surface area contributed by atoms with Crippen molar-refractivity contribution in [3.8, 4) is 11.1 Å². The molecule has 5 nitrogen and oxygen atoms in total. The minimum absolute atomic E-state index is 0.0359. The second kappa shape index (κ2) is 8.05. The third-order valence-corrected chi connectivity index (χ3v) is 6.04. The average Bonchev–Trinajstić information content (AvgIpc) is 3.48. The molecule has 1 N–H and O–H groups in total. The highest BCUT2D eigenvalue weighted by atomic mass is 19.4. The van der Waals surface area contributed by atoms with E-state index in [1.807, 2.05) is 0 Å². The predicted molar refractivity (Wildman–Crippen MR) is 113 cm³/mol. The van der Waals surface area contributed by atoms with Crippen LogP contribution < -0.4 is 5.32 Å². The van der Waals surface area contributed by atoms with E-state index in [2.05, 4.69) is 10.4 Å². The molecule has 3 aromatic rings. The highest BCUT2D eigenvalue weighted by Crippen LogP contribution is 2.45. The van der Waals surface area contributed by atoms with Crippen LogP contribution in [-0.4, -0.2) is 27.9 Å². The van der Waals surface area contributed by atoms with E-state index in [4.69, 9.17) is 4.74 Å². The fourth-order valence-corrected chi connectivity index (χ4v) is 4.53. The van der Waals surface area contributed by atoms with E-state index in [9.17, 15) is 26.7 Å². The first kappa shape index (κ1) is 22.3. The van der Waals surface area contributed by atoms with Gasteiger partial charge in [0.15, 0.2) is 5.69 Å². The number of ether oxygens (including phenoxy) is 1. The molecule has 1 saturated heterocycles. The van der Waals surface area contributed by atoms with Gasteiger partial charge in [0.1, 0.15) is 11.6 Å². The summed E-state index contributed by atoms with van der Waals surface area (Å²) in [6.07, 6.45) is -4.62. The van der Waals surface area contributed by atoms with Gasteiger partial charge in [-0.25, -0.2) is 8.78 Å². The van der Waals surface area contributed by atoms with Gasteiger partial charge in [0.2, 0.25) is 0 Å². The molecule has 0 spiro atoms. The maximum Gasteiger partial charge on any atom is 0.435 e. The summed E-state index contributed by atoms with van der Waals surface area (Å²) in [5.74, 6) is -1.92. The van der Waals surface area contributed by atoms with Crippen molar-refractivity contribution in [2.45, 2.75) is 31.2 Å². The second-order valence-electron chi connectivity index (χ2n) is 8.18. The van der Waals surface area contributed by atoms with Gasteiger partial charge in [0, 0.05) is 29.4 Å². The minimum atomic E-state index is -4.63. The first-order chi connectivity index (χ1) is 16.1. The Morgan fingerprint density at radius 2 is 1.74 bits per heavy atom. The predicted octanol–water partition coefficient (Wildman–Crippen LogP) is 5.34. The Morgan fingerprint density at radius 1 is 1.03 bits per heavy atom. The van der Waals surface area contributed by atoms with Gasteiger partial charge in [0.05, 0.1) is 23.5 Å². The van der Waals surface area contributed by atoms with E-state index >= 15 is 0 Å². The number of nitrogens with one attached hydrogen (secondary N) is 1. The van der Waals surface area contributed by atoms with Crippen LogP contribution >= 0.6 is 0 Å². The van der Waals surface area contributed by atoms with Crippen LogP contribution in [0.1, 0.15) is 24.2 Å². The Balaban J connectivity index is 1.47. The van der Waals surface area contributed by atoms with Crippen molar-refractivity contribution < 1.29 is 31.5 Å². The number of hydrogen-bond acceptors (Lipinski definition) is 3. The van der Waals surface area contributed by atoms with Gasteiger partial charge in [-0.05, 0) is 43.2 Å². The van der Waals surface area contributed by atoms with Crippen molar-refractivity contribution in [3.63, 3.8) is 0 Å². The van der Waals surface area contributed by atoms with Crippen molar-refractivity contribution in [1.82, 2.24) is 9.78 Å². The van der Waals surface area contributed by atoms with E-state index in [0.29, 0.717) is 18.4 Å². The average molecular weight is 475 g/mol. The molecule has 2 aliphatic heterocycles. The van der Waals surface area contributed by atoms with Crippen molar-refractivity contribution in [1.29, 1.82) is 0 Å². The van der Waals surface area contributed by atoms with E-state index in [-0.39, 0.29) is 28.1 Å².